The van der Waals surface area contributed by atoms with Gasteiger partial charge in [-0.05, 0) is 25.7 Å². The van der Waals surface area contributed by atoms with Gasteiger partial charge in [0.05, 0.1) is 25.4 Å². The molecule has 0 aromatic rings. The molecular weight excluding hydrogens is 779 g/mol. The molecule has 3 N–H and O–H groups in total. The van der Waals surface area contributed by atoms with Crippen LogP contribution in [-0.4, -0.2) is 47.4 Å². The summed E-state index contributed by atoms with van der Waals surface area (Å²) in [6, 6.07) is -0.554. The molecule has 0 bridgehead atoms. The van der Waals surface area contributed by atoms with Crippen molar-refractivity contribution in [2.24, 2.45) is 0 Å². The summed E-state index contributed by atoms with van der Waals surface area (Å²) in [7, 11) is 0. The highest BCUT2D eigenvalue weighted by atomic mass is 16.5. The fourth-order valence-corrected chi connectivity index (χ4v) is 9.23. The van der Waals surface area contributed by atoms with Gasteiger partial charge in [-0.2, -0.15) is 0 Å². The van der Waals surface area contributed by atoms with Crippen LogP contribution in [0.4, 0.5) is 0 Å². The number of unbranched alkanes of at least 4 members (excludes halogenated alkanes) is 43. The Balaban J connectivity index is 3.45. The summed E-state index contributed by atoms with van der Waals surface area (Å²) in [6.45, 7) is 4.94. The topological polar surface area (TPSA) is 95.9 Å². The van der Waals surface area contributed by atoms with Gasteiger partial charge in [0, 0.05) is 12.8 Å². The van der Waals surface area contributed by atoms with Gasteiger partial charge in [-0.3, -0.25) is 9.59 Å². The van der Waals surface area contributed by atoms with Crippen molar-refractivity contribution in [3.8, 4) is 0 Å². The van der Waals surface area contributed by atoms with Crippen LogP contribution in [0, 0.1) is 0 Å². The average Bonchev–Trinajstić information content (AvgIpc) is 3.28. The second kappa shape index (κ2) is 53.5. The summed E-state index contributed by atoms with van der Waals surface area (Å²) in [5.74, 6) is -0.0607. The Bertz CT molecular complexity index is 898. The molecule has 2 unspecified atom stereocenters. The lowest BCUT2D eigenvalue weighted by Gasteiger charge is -2.22. The number of hydrogen-bond donors (Lipinski definition) is 3. The molecule has 6 heteroatoms. The molecule has 0 radical (unpaired) electrons. The lowest BCUT2D eigenvalue weighted by molar-refractivity contribution is -0.143. The maximum atomic E-state index is 12.5. The molecule has 0 spiro atoms. The number of esters is 1. The maximum Gasteiger partial charge on any atom is 0.305 e. The smallest absolute Gasteiger partial charge is 0.305 e. The van der Waals surface area contributed by atoms with Crippen LogP contribution in [0.1, 0.15) is 328 Å². The third-order valence-electron chi connectivity index (χ3n) is 13.7. The van der Waals surface area contributed by atoms with Gasteiger partial charge in [-0.15, -0.1) is 0 Å². The monoisotopic (exact) mass is 892 g/mol. The van der Waals surface area contributed by atoms with Crippen molar-refractivity contribution in [1.82, 2.24) is 5.32 Å². The number of aliphatic hydroxyl groups excluding tert-OH is 2. The zero-order valence-corrected chi connectivity index (χ0v) is 42.8. The van der Waals surface area contributed by atoms with Gasteiger partial charge >= 0.3 is 5.97 Å². The van der Waals surface area contributed by atoms with Crippen LogP contribution in [0.25, 0.3) is 0 Å². The van der Waals surface area contributed by atoms with E-state index in [2.05, 4.69) is 19.2 Å². The van der Waals surface area contributed by atoms with E-state index in [1.807, 2.05) is 0 Å². The number of rotatable bonds is 54. The third kappa shape index (κ3) is 50.1. The summed E-state index contributed by atoms with van der Waals surface area (Å²) < 4.78 is 5.45. The summed E-state index contributed by atoms with van der Waals surface area (Å²) in [5.41, 5.74) is 0. The maximum absolute atomic E-state index is 12.5. The standard InChI is InChI=1S/C57H113NO5/c1-3-5-7-9-11-13-15-17-18-19-20-21-22-23-24-25-26-27-29-33-37-41-45-49-55(60)54(53-59)58-56(61)50-46-42-38-34-30-28-32-36-40-44-48-52-63-57(62)51-47-43-39-35-31-16-14-12-10-8-6-4-2/h54-55,59-60H,3-53H2,1-2H3,(H,58,61). The first-order chi connectivity index (χ1) is 31.0. The molecule has 376 valence electrons. The van der Waals surface area contributed by atoms with Gasteiger partial charge in [0.15, 0.2) is 0 Å². The predicted molar refractivity (Wildman–Crippen MR) is 274 cm³/mol. The molecule has 0 aliphatic carbocycles. The van der Waals surface area contributed by atoms with Crippen molar-refractivity contribution in [2.45, 2.75) is 341 Å². The molecule has 0 fully saturated rings. The largest absolute Gasteiger partial charge is 0.466 e. The van der Waals surface area contributed by atoms with Gasteiger partial charge in [-0.25, -0.2) is 0 Å². The average molecular weight is 893 g/mol. The summed E-state index contributed by atoms with van der Waals surface area (Å²) >= 11 is 0. The Kier molecular flexibility index (Phi) is 52.5. The van der Waals surface area contributed by atoms with Crippen molar-refractivity contribution in [3.63, 3.8) is 0 Å². The Labute approximate surface area is 394 Å². The molecular formula is C57H113NO5. The lowest BCUT2D eigenvalue weighted by Crippen LogP contribution is -2.45. The molecule has 0 saturated carbocycles. The van der Waals surface area contributed by atoms with E-state index in [9.17, 15) is 19.8 Å². The number of carbonyl (C=O) groups is 2. The summed E-state index contributed by atoms with van der Waals surface area (Å²) in [6.07, 6.45) is 60.9. The quantitative estimate of drug-likeness (QED) is 0.0418. The fraction of sp³-hybridized carbons (Fsp3) is 0.965. The first kappa shape index (κ1) is 61.9. The second-order valence-corrected chi connectivity index (χ2v) is 20.0. The van der Waals surface area contributed by atoms with Crippen LogP contribution in [-0.2, 0) is 14.3 Å². The highest BCUT2D eigenvalue weighted by molar-refractivity contribution is 5.76. The Morgan fingerprint density at radius 2 is 0.651 bits per heavy atom. The second-order valence-electron chi connectivity index (χ2n) is 20.0. The summed E-state index contributed by atoms with van der Waals surface area (Å²) in [5, 5.41) is 23.3. The highest BCUT2D eigenvalue weighted by Gasteiger charge is 2.20. The van der Waals surface area contributed by atoms with E-state index in [-0.39, 0.29) is 18.5 Å². The number of nitrogens with one attached hydrogen (secondary N) is 1. The number of carbonyl (C=O) groups excluding carboxylic acids is 2. The first-order valence-electron chi connectivity index (χ1n) is 28.8. The van der Waals surface area contributed by atoms with Crippen molar-refractivity contribution in [3.05, 3.63) is 0 Å². The van der Waals surface area contributed by atoms with Crippen LogP contribution in [0.2, 0.25) is 0 Å². The van der Waals surface area contributed by atoms with Crippen molar-refractivity contribution in [2.75, 3.05) is 13.2 Å². The van der Waals surface area contributed by atoms with Gasteiger partial charge in [0.25, 0.3) is 0 Å². The third-order valence-corrected chi connectivity index (χ3v) is 13.7. The molecule has 0 aromatic heterocycles. The fourth-order valence-electron chi connectivity index (χ4n) is 9.23. The van der Waals surface area contributed by atoms with Gasteiger partial charge in [0.2, 0.25) is 5.91 Å². The van der Waals surface area contributed by atoms with Gasteiger partial charge in [0.1, 0.15) is 0 Å². The molecule has 0 aromatic carbocycles. The number of ether oxygens (including phenoxy) is 1. The molecule has 0 heterocycles. The van der Waals surface area contributed by atoms with E-state index in [0.717, 1.165) is 57.8 Å². The zero-order chi connectivity index (χ0) is 45.8. The van der Waals surface area contributed by atoms with Crippen LogP contribution in [0.15, 0.2) is 0 Å². The van der Waals surface area contributed by atoms with E-state index < -0.39 is 12.1 Å². The Morgan fingerprint density at radius 3 is 0.968 bits per heavy atom. The number of hydrogen-bond acceptors (Lipinski definition) is 5. The molecule has 0 rings (SSSR count). The van der Waals surface area contributed by atoms with E-state index in [4.69, 9.17) is 4.74 Å². The minimum absolute atomic E-state index is 0.0115. The van der Waals surface area contributed by atoms with Crippen LogP contribution in [0.5, 0.6) is 0 Å². The SMILES string of the molecule is CCCCCCCCCCCCCCCCCCCCCCCCCC(O)C(CO)NC(=O)CCCCCCCCCCCCCOC(=O)CCCCCCCCCCCCCC. The van der Waals surface area contributed by atoms with Crippen molar-refractivity contribution in [1.29, 1.82) is 0 Å². The lowest BCUT2D eigenvalue weighted by atomic mass is 10.0. The number of amides is 1. The van der Waals surface area contributed by atoms with E-state index in [0.29, 0.717) is 25.9 Å². The molecule has 0 aliphatic heterocycles. The molecule has 2 atom stereocenters. The Morgan fingerprint density at radius 1 is 0.381 bits per heavy atom. The van der Waals surface area contributed by atoms with Crippen LogP contribution in [0.3, 0.4) is 0 Å². The van der Waals surface area contributed by atoms with Crippen LogP contribution < -0.4 is 5.32 Å². The highest BCUT2D eigenvalue weighted by Crippen LogP contribution is 2.18. The van der Waals surface area contributed by atoms with Crippen LogP contribution >= 0.6 is 0 Å². The molecule has 6 nitrogen and oxygen atoms in total. The predicted octanol–water partition coefficient (Wildman–Crippen LogP) is 17.5. The molecule has 63 heavy (non-hydrogen) atoms. The number of aliphatic hydroxyl groups is 2. The minimum Gasteiger partial charge on any atom is -0.466 e. The first-order valence-corrected chi connectivity index (χ1v) is 28.8. The molecule has 0 saturated heterocycles. The van der Waals surface area contributed by atoms with E-state index in [1.165, 1.54) is 238 Å². The van der Waals surface area contributed by atoms with E-state index >= 15 is 0 Å². The molecule has 0 aliphatic rings. The summed E-state index contributed by atoms with van der Waals surface area (Å²) in [4.78, 5) is 24.5. The van der Waals surface area contributed by atoms with Gasteiger partial charge < -0.3 is 20.3 Å². The Hall–Kier alpha value is -1.14. The van der Waals surface area contributed by atoms with Crippen molar-refractivity contribution >= 4 is 11.9 Å². The van der Waals surface area contributed by atoms with Gasteiger partial charge in [-0.1, -0.05) is 290 Å². The zero-order valence-electron chi connectivity index (χ0n) is 42.8. The van der Waals surface area contributed by atoms with Crippen molar-refractivity contribution < 1.29 is 24.5 Å². The van der Waals surface area contributed by atoms with E-state index in [1.54, 1.807) is 0 Å². The minimum atomic E-state index is -0.676. The molecule has 1 amide bonds. The normalized spacial score (nSPS) is 12.5.